The zero-order valence-electron chi connectivity index (χ0n) is 10.8. The molecule has 0 atom stereocenters. The average molecular weight is 355 g/mol. The minimum atomic E-state index is -4.18. The van der Waals surface area contributed by atoms with E-state index in [-0.39, 0.29) is 10.0 Å². The Morgan fingerprint density at radius 3 is 2.38 bits per heavy atom. The van der Waals surface area contributed by atoms with Gasteiger partial charge in [0.25, 0.3) is 10.0 Å². The maximum Gasteiger partial charge on any atom is 0.281 e. The van der Waals surface area contributed by atoms with Gasteiger partial charge in [-0.15, -0.1) is 0 Å². The van der Waals surface area contributed by atoms with Crippen LogP contribution >= 0.6 is 11.6 Å². The number of anilines is 1. The van der Waals surface area contributed by atoms with Crippen LogP contribution in [0.2, 0.25) is 5.02 Å². The summed E-state index contributed by atoms with van der Waals surface area (Å²) in [6, 6.07) is 0. The van der Waals surface area contributed by atoms with E-state index in [1.807, 2.05) is 4.72 Å². The predicted molar refractivity (Wildman–Crippen MR) is 73.6 cm³/mol. The minimum absolute atomic E-state index is 0.113. The number of nitrogens with one attached hydrogen (secondary N) is 1. The molecule has 2 heterocycles. The van der Waals surface area contributed by atoms with Crippen molar-refractivity contribution in [3.63, 3.8) is 0 Å². The molecular weight excluding hydrogens is 344 g/mol. The fourth-order valence-electron chi connectivity index (χ4n) is 1.62. The number of hydrogen-bond donors (Lipinski definition) is 2. The van der Waals surface area contributed by atoms with Crippen molar-refractivity contribution in [3.8, 4) is 0 Å². The van der Waals surface area contributed by atoms with Gasteiger partial charge in [-0.05, 0) is 0 Å². The highest BCUT2D eigenvalue weighted by molar-refractivity contribution is 7.93. The summed E-state index contributed by atoms with van der Waals surface area (Å²) in [7, 11) is -5.52. The summed E-state index contributed by atoms with van der Waals surface area (Å²) in [5, 5.41) is 12.0. The van der Waals surface area contributed by atoms with Crippen molar-refractivity contribution in [2.75, 3.05) is 4.72 Å². The third-order valence-electron chi connectivity index (χ3n) is 2.43. The largest absolute Gasteiger partial charge is 0.281 e. The fraction of sp³-hybridized carbons (Fsp3) is 0.250. The lowest BCUT2D eigenvalue weighted by Crippen LogP contribution is -2.20. The van der Waals surface area contributed by atoms with Crippen LogP contribution in [0.1, 0.15) is 0 Å². The molecule has 0 saturated carbocycles. The first-order valence-corrected chi connectivity index (χ1v) is 8.70. The van der Waals surface area contributed by atoms with Crippen LogP contribution in [0.15, 0.2) is 22.3 Å². The van der Waals surface area contributed by atoms with Gasteiger partial charge < -0.3 is 0 Å². The van der Waals surface area contributed by atoms with Crippen molar-refractivity contribution in [2.45, 2.75) is 9.92 Å². The summed E-state index contributed by atoms with van der Waals surface area (Å²) < 4.78 is 51.5. The lowest BCUT2D eigenvalue weighted by atomic mass is 10.7. The van der Waals surface area contributed by atoms with E-state index in [0.717, 1.165) is 21.8 Å². The maximum absolute atomic E-state index is 12.3. The van der Waals surface area contributed by atoms with Crippen LogP contribution in [0, 0.1) is 0 Å². The van der Waals surface area contributed by atoms with E-state index in [1.165, 1.54) is 14.1 Å². The number of hydrogen-bond acceptors (Lipinski definition) is 6. The topological polar surface area (TPSA) is 142 Å². The Morgan fingerprint density at radius 2 is 1.90 bits per heavy atom. The molecule has 2 aromatic rings. The molecule has 10 nitrogen and oxygen atoms in total. The van der Waals surface area contributed by atoms with Crippen molar-refractivity contribution in [1.29, 1.82) is 0 Å². The standard InChI is InChI=1S/C8H11ClN6O4S2/c1-14-4-6(20(10,16)17)7(12-14)13-21(18,19)8-5(9)3-11-15(8)2/h3-4H,1-2H3,(H,12,13)(H2,10,16,17). The zero-order chi connectivity index (χ0) is 16.0. The number of aryl methyl sites for hydroxylation is 2. The molecule has 3 N–H and O–H groups in total. The number of nitrogens with two attached hydrogens (primary N) is 1. The van der Waals surface area contributed by atoms with Crippen molar-refractivity contribution in [3.05, 3.63) is 17.4 Å². The molecule has 0 saturated heterocycles. The number of rotatable bonds is 4. The Kier molecular flexibility index (Phi) is 3.73. The van der Waals surface area contributed by atoms with Gasteiger partial charge in [0.2, 0.25) is 10.0 Å². The first-order valence-electron chi connectivity index (χ1n) is 5.29. The number of aromatic nitrogens is 4. The summed E-state index contributed by atoms with van der Waals surface area (Å²) in [5.41, 5.74) is 0. The maximum atomic E-state index is 12.3. The van der Waals surface area contributed by atoms with Gasteiger partial charge in [-0.25, -0.2) is 13.6 Å². The monoisotopic (exact) mass is 354 g/mol. The van der Waals surface area contributed by atoms with Crippen molar-refractivity contribution < 1.29 is 16.8 Å². The Morgan fingerprint density at radius 1 is 1.29 bits per heavy atom. The van der Waals surface area contributed by atoms with Crippen LogP contribution in [0.4, 0.5) is 5.82 Å². The fourth-order valence-corrected chi connectivity index (χ4v) is 4.03. The molecule has 0 aliphatic heterocycles. The second kappa shape index (κ2) is 4.98. The van der Waals surface area contributed by atoms with Crippen molar-refractivity contribution in [2.24, 2.45) is 19.2 Å². The van der Waals surface area contributed by atoms with Gasteiger partial charge >= 0.3 is 0 Å². The van der Waals surface area contributed by atoms with Gasteiger partial charge in [0, 0.05) is 20.3 Å². The Balaban J connectivity index is 2.53. The van der Waals surface area contributed by atoms with Crippen LogP contribution in [-0.4, -0.2) is 36.4 Å². The molecule has 0 aliphatic rings. The molecule has 2 aromatic heterocycles. The number of sulfonamides is 2. The van der Waals surface area contributed by atoms with E-state index in [2.05, 4.69) is 10.2 Å². The summed E-state index contributed by atoms with van der Waals surface area (Å²) in [4.78, 5) is -0.452. The highest BCUT2D eigenvalue weighted by atomic mass is 35.5. The van der Waals surface area contributed by atoms with Crippen molar-refractivity contribution in [1.82, 2.24) is 19.6 Å². The van der Waals surface area contributed by atoms with Gasteiger partial charge in [-0.1, -0.05) is 11.6 Å². The van der Waals surface area contributed by atoms with E-state index in [1.54, 1.807) is 0 Å². The quantitative estimate of drug-likeness (QED) is 0.740. The van der Waals surface area contributed by atoms with E-state index in [4.69, 9.17) is 16.7 Å². The summed E-state index contributed by atoms with van der Waals surface area (Å²) in [5.74, 6) is -0.419. The number of nitrogens with zero attached hydrogens (tertiary/aromatic N) is 4. The van der Waals surface area contributed by atoms with E-state index < -0.39 is 30.8 Å². The van der Waals surface area contributed by atoms with Gasteiger partial charge in [-0.3, -0.25) is 14.1 Å². The van der Waals surface area contributed by atoms with Crippen LogP contribution in [0.5, 0.6) is 0 Å². The zero-order valence-corrected chi connectivity index (χ0v) is 13.2. The highest BCUT2D eigenvalue weighted by Crippen LogP contribution is 2.25. The molecule has 0 aliphatic carbocycles. The molecule has 116 valence electrons. The second-order valence-electron chi connectivity index (χ2n) is 4.09. The van der Waals surface area contributed by atoms with Crippen LogP contribution in [0.3, 0.4) is 0 Å². The first kappa shape index (κ1) is 15.8. The molecule has 0 spiro atoms. The minimum Gasteiger partial charge on any atom is -0.272 e. The first-order chi connectivity index (χ1) is 9.52. The smallest absolute Gasteiger partial charge is 0.272 e. The molecule has 0 unspecified atom stereocenters. The molecule has 0 bridgehead atoms. The van der Waals surface area contributed by atoms with Gasteiger partial charge in [0.15, 0.2) is 10.8 Å². The number of primary sulfonamides is 1. The van der Waals surface area contributed by atoms with E-state index in [9.17, 15) is 16.8 Å². The molecule has 0 fully saturated rings. The van der Waals surface area contributed by atoms with Crippen LogP contribution in [-0.2, 0) is 34.1 Å². The van der Waals surface area contributed by atoms with E-state index in [0.29, 0.717) is 0 Å². The summed E-state index contributed by atoms with van der Waals surface area (Å²) in [6.45, 7) is 0. The molecule has 0 radical (unpaired) electrons. The third kappa shape index (κ3) is 3.02. The van der Waals surface area contributed by atoms with Crippen LogP contribution < -0.4 is 9.86 Å². The van der Waals surface area contributed by atoms with Gasteiger partial charge in [0.05, 0.1) is 11.2 Å². The lowest BCUT2D eigenvalue weighted by molar-refractivity contribution is 0.581. The third-order valence-corrected chi connectivity index (χ3v) is 5.19. The van der Waals surface area contributed by atoms with E-state index >= 15 is 0 Å². The highest BCUT2D eigenvalue weighted by Gasteiger charge is 2.27. The second-order valence-corrected chi connectivity index (χ2v) is 7.62. The molecule has 2 rings (SSSR count). The Labute approximate surface area is 125 Å². The molecule has 0 amide bonds. The summed E-state index contributed by atoms with van der Waals surface area (Å²) >= 11 is 5.76. The lowest BCUT2D eigenvalue weighted by Gasteiger charge is -2.07. The average Bonchev–Trinajstić information content (AvgIpc) is 2.81. The molecule has 0 aromatic carbocycles. The SMILES string of the molecule is Cn1cc(S(N)(=O)=O)c(NS(=O)(=O)c2c(Cl)cnn2C)n1. The van der Waals surface area contributed by atoms with Crippen LogP contribution in [0.25, 0.3) is 0 Å². The molecular formula is C8H11ClN6O4S2. The van der Waals surface area contributed by atoms with Gasteiger partial charge in [-0.2, -0.15) is 18.6 Å². The molecule has 21 heavy (non-hydrogen) atoms. The Bertz CT molecular complexity index is 878. The van der Waals surface area contributed by atoms with Crippen molar-refractivity contribution >= 4 is 37.5 Å². The summed E-state index contributed by atoms with van der Waals surface area (Å²) in [6.07, 6.45) is 2.23. The number of halogens is 1. The Hall–Kier alpha value is -1.63. The van der Waals surface area contributed by atoms with Gasteiger partial charge in [0.1, 0.15) is 4.90 Å². The normalized spacial score (nSPS) is 12.6. The predicted octanol–water partition coefficient (Wildman–Crippen LogP) is -0.745. The molecule has 13 heteroatoms.